The van der Waals surface area contributed by atoms with Gasteiger partial charge in [0, 0.05) is 24.2 Å². The molecule has 1 aromatic carbocycles. The van der Waals surface area contributed by atoms with Gasteiger partial charge in [-0.3, -0.25) is 4.84 Å². The van der Waals surface area contributed by atoms with Crippen molar-refractivity contribution in [2.75, 3.05) is 18.2 Å². The van der Waals surface area contributed by atoms with Crippen molar-refractivity contribution in [1.29, 1.82) is 0 Å². The number of aliphatic hydroxyl groups is 2. The fourth-order valence-electron chi connectivity index (χ4n) is 5.29. The molecule has 164 valence electrons. The van der Waals surface area contributed by atoms with Gasteiger partial charge in [0.25, 0.3) is 0 Å². The third kappa shape index (κ3) is 3.35. The molecular weight excluding hydrogens is 398 g/mol. The topological polar surface area (TPSA) is 95.4 Å². The van der Waals surface area contributed by atoms with Crippen LogP contribution in [0.4, 0.5) is 10.6 Å². The number of nitrogens with zero attached hydrogens (tertiary/aromatic N) is 3. The number of carbonyl (C=O) groups excluding carboxylic acids is 1. The fraction of sp³-hybridized carbons (Fsp3) is 0.478. The van der Waals surface area contributed by atoms with Crippen LogP contribution in [0.25, 0.3) is 0 Å². The molecule has 2 aromatic rings. The van der Waals surface area contributed by atoms with Gasteiger partial charge in [0.2, 0.25) is 0 Å². The molecule has 0 radical (unpaired) electrons. The Bertz CT molecular complexity index is 947. The van der Waals surface area contributed by atoms with Gasteiger partial charge in [-0.2, -0.15) is 0 Å². The lowest BCUT2D eigenvalue weighted by molar-refractivity contribution is -0.103. The molecule has 1 spiro atoms. The summed E-state index contributed by atoms with van der Waals surface area (Å²) in [6.45, 7) is 3.11. The van der Waals surface area contributed by atoms with Gasteiger partial charge in [-0.1, -0.05) is 36.4 Å². The summed E-state index contributed by atoms with van der Waals surface area (Å²) in [4.78, 5) is 24.9. The number of aryl methyl sites for hydroxylation is 1. The molecule has 31 heavy (non-hydrogen) atoms. The minimum Gasteiger partial charge on any atom is -0.445 e. The van der Waals surface area contributed by atoms with Gasteiger partial charge in [-0.05, 0) is 37.5 Å². The van der Waals surface area contributed by atoms with Gasteiger partial charge in [-0.15, -0.1) is 0 Å². The van der Waals surface area contributed by atoms with Crippen molar-refractivity contribution in [3.05, 3.63) is 59.8 Å². The number of piperidine rings is 1. The normalized spacial score (nSPS) is 28.9. The lowest BCUT2D eigenvalue weighted by Gasteiger charge is -2.40. The van der Waals surface area contributed by atoms with E-state index in [2.05, 4.69) is 4.98 Å². The van der Waals surface area contributed by atoms with Crippen LogP contribution in [0.1, 0.15) is 24.1 Å². The molecule has 4 atom stereocenters. The van der Waals surface area contributed by atoms with Gasteiger partial charge in [0.1, 0.15) is 24.9 Å². The molecular formula is C23H27N3O5. The molecule has 2 N–H and O–H groups in total. The van der Waals surface area contributed by atoms with E-state index >= 15 is 0 Å². The van der Waals surface area contributed by atoms with Crippen molar-refractivity contribution < 1.29 is 24.6 Å². The average Bonchev–Trinajstić information content (AvgIpc) is 3.20. The highest BCUT2D eigenvalue weighted by atomic mass is 16.7. The third-order valence-corrected chi connectivity index (χ3v) is 6.88. The van der Waals surface area contributed by atoms with Crippen molar-refractivity contribution in [3.63, 3.8) is 0 Å². The Balaban J connectivity index is 1.28. The number of hydroxylamine groups is 1. The number of carbonyl (C=O) groups is 1. The Labute approximate surface area is 181 Å². The standard InChI is InChI=1S/C23H27N3O5/c1-15-6-5-9-17(24-15)26-20-18(27)19(28)21(31-26)23(20)10-12-25(13-11-23)22(29)30-14-16-7-3-2-4-8-16/h2-9,18-21,27-28H,10-14H2,1H3/t18-,19+,20-,21+/m1/s1. The van der Waals surface area contributed by atoms with Crippen LogP contribution in [0, 0.1) is 12.3 Å². The maximum atomic E-state index is 12.6. The molecule has 1 amide bonds. The van der Waals surface area contributed by atoms with Crippen LogP contribution >= 0.6 is 0 Å². The maximum Gasteiger partial charge on any atom is 0.410 e. The minimum atomic E-state index is -0.956. The molecule has 8 nitrogen and oxygen atoms in total. The molecule has 5 rings (SSSR count). The highest BCUT2D eigenvalue weighted by molar-refractivity contribution is 5.67. The summed E-state index contributed by atoms with van der Waals surface area (Å²) in [7, 11) is 0. The van der Waals surface area contributed by atoms with Crippen LogP contribution in [-0.2, 0) is 16.2 Å². The van der Waals surface area contributed by atoms with Crippen LogP contribution in [0.3, 0.4) is 0 Å². The SMILES string of the molecule is Cc1cccc(N2O[C@H]3[C@@H](O)[C@@H](O)[C@@H]2C32CCN(C(=O)OCc3ccccc3)CC2)n1. The first-order valence-corrected chi connectivity index (χ1v) is 10.7. The zero-order valence-electron chi connectivity index (χ0n) is 17.4. The van der Waals surface area contributed by atoms with E-state index in [9.17, 15) is 15.0 Å². The number of benzene rings is 1. The Morgan fingerprint density at radius 3 is 2.58 bits per heavy atom. The smallest absolute Gasteiger partial charge is 0.410 e. The number of hydrogen-bond donors (Lipinski definition) is 2. The Kier molecular flexibility index (Phi) is 5.08. The van der Waals surface area contributed by atoms with Crippen molar-refractivity contribution in [3.8, 4) is 0 Å². The van der Waals surface area contributed by atoms with Gasteiger partial charge in [0.05, 0.1) is 6.04 Å². The summed E-state index contributed by atoms with van der Waals surface area (Å²) in [6, 6.07) is 14.8. The molecule has 0 unspecified atom stereocenters. The highest BCUT2D eigenvalue weighted by Crippen LogP contribution is 2.56. The second kappa shape index (κ2) is 7.78. The van der Waals surface area contributed by atoms with E-state index in [1.807, 2.05) is 55.5 Å². The molecule has 3 heterocycles. The van der Waals surface area contributed by atoms with Crippen molar-refractivity contribution in [2.24, 2.45) is 5.41 Å². The van der Waals surface area contributed by atoms with Crippen LogP contribution in [-0.4, -0.2) is 63.6 Å². The van der Waals surface area contributed by atoms with Gasteiger partial charge < -0.3 is 19.8 Å². The number of likely N-dealkylation sites (tertiary alicyclic amines) is 1. The first kappa shape index (κ1) is 20.2. The quantitative estimate of drug-likeness (QED) is 0.777. The number of rotatable bonds is 3. The molecule has 1 aromatic heterocycles. The highest BCUT2D eigenvalue weighted by Gasteiger charge is 2.69. The van der Waals surface area contributed by atoms with Gasteiger partial charge in [0.15, 0.2) is 5.82 Å². The number of hydrogen-bond acceptors (Lipinski definition) is 7. The summed E-state index contributed by atoms with van der Waals surface area (Å²) < 4.78 is 5.47. The number of aliphatic hydroxyl groups excluding tert-OH is 2. The minimum absolute atomic E-state index is 0.236. The van der Waals surface area contributed by atoms with E-state index < -0.39 is 29.8 Å². The van der Waals surface area contributed by atoms with E-state index in [4.69, 9.17) is 9.57 Å². The second-order valence-corrected chi connectivity index (χ2v) is 8.68. The number of anilines is 1. The first-order valence-electron chi connectivity index (χ1n) is 10.7. The lowest BCUT2D eigenvalue weighted by Crippen LogP contribution is -2.52. The Hall–Kier alpha value is -2.68. The number of amides is 1. The van der Waals surface area contributed by atoms with Crippen LogP contribution in [0.2, 0.25) is 0 Å². The molecule has 2 aliphatic heterocycles. The van der Waals surface area contributed by atoms with Crippen molar-refractivity contribution in [1.82, 2.24) is 9.88 Å². The predicted molar refractivity (Wildman–Crippen MR) is 112 cm³/mol. The summed E-state index contributed by atoms with van der Waals surface area (Å²) in [5.74, 6) is 0.627. The zero-order valence-corrected chi connectivity index (χ0v) is 17.4. The molecule has 1 saturated carbocycles. The Morgan fingerprint density at radius 1 is 1.13 bits per heavy atom. The first-order chi connectivity index (χ1) is 15.0. The number of pyridine rings is 1. The second-order valence-electron chi connectivity index (χ2n) is 8.68. The van der Waals surface area contributed by atoms with Gasteiger partial charge >= 0.3 is 6.09 Å². The summed E-state index contributed by atoms with van der Waals surface area (Å²) in [5, 5.41) is 23.0. The largest absolute Gasteiger partial charge is 0.445 e. The maximum absolute atomic E-state index is 12.6. The summed E-state index contributed by atoms with van der Waals surface area (Å²) >= 11 is 0. The molecule has 3 fully saturated rings. The van der Waals surface area contributed by atoms with E-state index in [0.29, 0.717) is 31.7 Å². The molecule has 8 heteroatoms. The zero-order chi connectivity index (χ0) is 21.6. The number of ether oxygens (including phenoxy) is 1. The van der Waals surface area contributed by atoms with E-state index in [1.165, 1.54) is 0 Å². The molecule has 2 saturated heterocycles. The van der Waals surface area contributed by atoms with Gasteiger partial charge in [-0.25, -0.2) is 14.8 Å². The van der Waals surface area contributed by atoms with Crippen molar-refractivity contribution >= 4 is 11.9 Å². The monoisotopic (exact) mass is 425 g/mol. The Morgan fingerprint density at radius 2 is 1.87 bits per heavy atom. The predicted octanol–water partition coefficient (Wildman–Crippen LogP) is 2.03. The average molecular weight is 425 g/mol. The van der Waals surface area contributed by atoms with Crippen LogP contribution in [0.5, 0.6) is 0 Å². The van der Waals surface area contributed by atoms with E-state index in [0.717, 1.165) is 11.3 Å². The lowest BCUT2D eigenvalue weighted by atomic mass is 9.73. The number of aromatic nitrogens is 1. The third-order valence-electron chi connectivity index (χ3n) is 6.88. The van der Waals surface area contributed by atoms with E-state index in [1.54, 1.807) is 9.96 Å². The van der Waals surface area contributed by atoms with Crippen LogP contribution < -0.4 is 5.06 Å². The summed E-state index contributed by atoms with van der Waals surface area (Å²) in [6.07, 6.45) is -1.54. The molecule has 2 bridgehead atoms. The van der Waals surface area contributed by atoms with E-state index in [-0.39, 0.29) is 12.7 Å². The van der Waals surface area contributed by atoms with Crippen LogP contribution in [0.15, 0.2) is 48.5 Å². The fourth-order valence-corrected chi connectivity index (χ4v) is 5.29. The van der Waals surface area contributed by atoms with Crippen molar-refractivity contribution in [2.45, 2.75) is 50.7 Å². The molecule has 3 aliphatic rings. The molecule has 1 aliphatic carbocycles. The summed E-state index contributed by atoms with van der Waals surface area (Å²) in [5.41, 5.74) is 1.35.